The van der Waals surface area contributed by atoms with E-state index in [1.54, 1.807) is 0 Å². The Morgan fingerprint density at radius 1 is 0.667 bits per heavy atom. The molecule has 3 rings (SSSR count). The van der Waals surface area contributed by atoms with Crippen molar-refractivity contribution in [2.75, 3.05) is 0 Å². The van der Waals surface area contributed by atoms with Gasteiger partial charge in [0.2, 0.25) is 0 Å². The molecular weight excluding hydrogens is 215 g/mol. The Hall–Kier alpha value is -1.50. The number of aryl methyl sites for hydroxylation is 4. The van der Waals surface area contributed by atoms with Crippen molar-refractivity contribution < 1.29 is 0 Å². The summed E-state index contributed by atoms with van der Waals surface area (Å²) in [6, 6.07) is 9.34. The van der Waals surface area contributed by atoms with E-state index in [1.807, 2.05) is 0 Å². The van der Waals surface area contributed by atoms with E-state index in [0.717, 1.165) is 6.42 Å². The van der Waals surface area contributed by atoms with Crippen LogP contribution in [0, 0.1) is 27.7 Å². The second kappa shape index (κ2) is 4.01. The highest BCUT2D eigenvalue weighted by atomic mass is 14.1. The molecule has 0 fully saturated rings. The highest BCUT2D eigenvalue weighted by Crippen LogP contribution is 2.17. The van der Waals surface area contributed by atoms with Gasteiger partial charge >= 0.3 is 0 Å². The van der Waals surface area contributed by atoms with E-state index in [1.165, 1.54) is 44.3 Å². The third-order valence-electron chi connectivity index (χ3n) is 4.20. The summed E-state index contributed by atoms with van der Waals surface area (Å²) in [5, 5.41) is 0. The number of fused-ring (bicyclic) bond motifs is 2. The molecule has 2 aromatic rings. The Balaban J connectivity index is 2.12. The Morgan fingerprint density at radius 3 is 1.50 bits per heavy atom. The summed E-state index contributed by atoms with van der Waals surface area (Å²) < 4.78 is 0. The molecule has 0 spiro atoms. The predicted octanol–water partition coefficient (Wildman–Crippen LogP) is 2.48. The van der Waals surface area contributed by atoms with Gasteiger partial charge in [-0.15, -0.1) is 0 Å². The van der Waals surface area contributed by atoms with Crippen LogP contribution in [-0.4, -0.2) is 7.28 Å². The fourth-order valence-corrected chi connectivity index (χ4v) is 2.74. The largest absolute Gasteiger partial charge is 0.192 e. The number of benzene rings is 2. The lowest BCUT2D eigenvalue weighted by Crippen LogP contribution is -2.38. The van der Waals surface area contributed by atoms with Gasteiger partial charge in [0.25, 0.3) is 0 Å². The van der Waals surface area contributed by atoms with Crippen LogP contribution in [0.15, 0.2) is 24.3 Å². The van der Waals surface area contributed by atoms with Gasteiger partial charge in [-0.3, -0.25) is 0 Å². The van der Waals surface area contributed by atoms with E-state index >= 15 is 0 Å². The first-order valence-electron chi connectivity index (χ1n) is 6.59. The van der Waals surface area contributed by atoms with E-state index in [9.17, 15) is 0 Å². The number of hydrogen-bond donors (Lipinski definition) is 0. The van der Waals surface area contributed by atoms with E-state index in [0.29, 0.717) is 0 Å². The maximum absolute atomic E-state index is 2.35. The summed E-state index contributed by atoms with van der Waals surface area (Å²) in [6.07, 6.45) is 1.07. The van der Waals surface area contributed by atoms with Crippen molar-refractivity contribution in [1.82, 2.24) is 0 Å². The van der Waals surface area contributed by atoms with Crippen LogP contribution in [0.4, 0.5) is 0 Å². The van der Waals surface area contributed by atoms with Crippen LogP contribution >= 0.6 is 0 Å². The summed E-state index contributed by atoms with van der Waals surface area (Å²) in [6.45, 7) is 8.79. The Morgan fingerprint density at radius 2 is 1.06 bits per heavy atom. The lowest BCUT2D eigenvalue weighted by Gasteiger charge is -2.22. The topological polar surface area (TPSA) is 0 Å². The minimum Gasteiger partial charge on any atom is -0.0777 e. The van der Waals surface area contributed by atoms with E-state index < -0.39 is 0 Å². The second-order valence-electron chi connectivity index (χ2n) is 5.59. The molecule has 1 radical (unpaired) electrons. The van der Waals surface area contributed by atoms with Crippen molar-refractivity contribution in [3.05, 3.63) is 57.6 Å². The average Bonchev–Trinajstić information content (AvgIpc) is 2.31. The standard InChI is InChI=1S/C17H18B/c1-10-5-14-9-15-6-11(2)13(4)8-17(15)18-16(14)7-12(10)3/h5-8H,9H2,1-4H3. The van der Waals surface area contributed by atoms with Gasteiger partial charge in [0.05, 0.1) is 0 Å². The SMILES string of the molecule is Cc1cc2c(cc1C)Cc1cc(C)c(C)cc1[B]2. The molecule has 0 atom stereocenters. The normalized spacial score (nSPS) is 12.7. The van der Waals surface area contributed by atoms with Crippen LogP contribution in [0.3, 0.4) is 0 Å². The quantitative estimate of drug-likeness (QED) is 0.523. The van der Waals surface area contributed by atoms with Crippen LogP contribution < -0.4 is 10.9 Å². The summed E-state index contributed by atoms with van der Waals surface area (Å²) >= 11 is 0. The average molecular weight is 233 g/mol. The zero-order valence-electron chi connectivity index (χ0n) is 11.6. The Kier molecular flexibility index (Phi) is 2.58. The molecule has 1 aliphatic heterocycles. The molecule has 18 heavy (non-hydrogen) atoms. The molecule has 2 aromatic carbocycles. The molecule has 0 aromatic heterocycles. The first-order valence-corrected chi connectivity index (χ1v) is 6.59. The van der Waals surface area contributed by atoms with Gasteiger partial charge in [0, 0.05) is 0 Å². The number of hydrogen-bond acceptors (Lipinski definition) is 0. The van der Waals surface area contributed by atoms with Crippen molar-refractivity contribution in [3.63, 3.8) is 0 Å². The van der Waals surface area contributed by atoms with Gasteiger partial charge in [-0.2, -0.15) is 0 Å². The zero-order valence-corrected chi connectivity index (χ0v) is 11.6. The third kappa shape index (κ3) is 1.78. The summed E-state index contributed by atoms with van der Waals surface area (Å²) in [5.41, 5.74) is 11.3. The van der Waals surface area contributed by atoms with Gasteiger partial charge in [-0.05, 0) is 67.5 Å². The fraction of sp³-hybridized carbons (Fsp3) is 0.294. The molecule has 0 saturated heterocycles. The number of rotatable bonds is 0. The molecule has 1 heterocycles. The molecular formula is C17H18B. The maximum Gasteiger partial charge on any atom is 0.192 e. The third-order valence-corrected chi connectivity index (χ3v) is 4.20. The second-order valence-corrected chi connectivity index (χ2v) is 5.59. The van der Waals surface area contributed by atoms with Crippen LogP contribution in [0.25, 0.3) is 0 Å². The minimum atomic E-state index is 1.07. The van der Waals surface area contributed by atoms with Crippen LogP contribution in [0.2, 0.25) is 0 Å². The fourth-order valence-electron chi connectivity index (χ4n) is 2.74. The molecule has 0 aliphatic carbocycles. The first-order chi connectivity index (χ1) is 8.54. The maximum atomic E-state index is 2.35. The molecule has 1 heteroatoms. The van der Waals surface area contributed by atoms with Gasteiger partial charge in [0.15, 0.2) is 7.28 Å². The van der Waals surface area contributed by atoms with Gasteiger partial charge in [-0.25, -0.2) is 0 Å². The van der Waals surface area contributed by atoms with Gasteiger partial charge in [0.1, 0.15) is 0 Å². The molecule has 0 nitrogen and oxygen atoms in total. The highest BCUT2D eigenvalue weighted by molar-refractivity contribution is 6.69. The van der Waals surface area contributed by atoms with E-state index in [2.05, 4.69) is 59.2 Å². The molecule has 0 unspecified atom stereocenters. The molecule has 0 bridgehead atoms. The molecule has 0 saturated carbocycles. The van der Waals surface area contributed by atoms with Crippen molar-refractivity contribution in [2.45, 2.75) is 34.1 Å². The molecule has 0 N–H and O–H groups in total. The summed E-state index contributed by atoms with van der Waals surface area (Å²) in [5.74, 6) is 0. The monoisotopic (exact) mass is 233 g/mol. The van der Waals surface area contributed by atoms with E-state index in [-0.39, 0.29) is 0 Å². The lowest BCUT2D eigenvalue weighted by atomic mass is 9.56. The summed E-state index contributed by atoms with van der Waals surface area (Å²) in [4.78, 5) is 0. The Bertz CT molecular complexity index is 527. The van der Waals surface area contributed by atoms with Crippen LogP contribution in [0.1, 0.15) is 33.4 Å². The van der Waals surface area contributed by atoms with Gasteiger partial charge < -0.3 is 0 Å². The predicted molar refractivity (Wildman–Crippen MR) is 79.7 cm³/mol. The minimum absolute atomic E-state index is 1.07. The van der Waals surface area contributed by atoms with Crippen LogP contribution in [0.5, 0.6) is 0 Å². The Labute approximate surface area is 110 Å². The van der Waals surface area contributed by atoms with Crippen LogP contribution in [-0.2, 0) is 6.42 Å². The lowest BCUT2D eigenvalue weighted by molar-refractivity contribution is 1.17. The van der Waals surface area contributed by atoms with Gasteiger partial charge in [-0.1, -0.05) is 35.2 Å². The zero-order chi connectivity index (χ0) is 12.9. The molecule has 89 valence electrons. The molecule has 0 amide bonds. The van der Waals surface area contributed by atoms with Crippen molar-refractivity contribution >= 4 is 18.2 Å². The first kappa shape index (κ1) is 11.6. The molecule has 1 aliphatic rings. The van der Waals surface area contributed by atoms with Crippen molar-refractivity contribution in [2.24, 2.45) is 0 Å². The highest BCUT2D eigenvalue weighted by Gasteiger charge is 2.17. The van der Waals surface area contributed by atoms with Crippen molar-refractivity contribution in [1.29, 1.82) is 0 Å². The van der Waals surface area contributed by atoms with E-state index in [4.69, 9.17) is 0 Å². The summed E-state index contributed by atoms with van der Waals surface area (Å²) in [7, 11) is 2.34. The smallest absolute Gasteiger partial charge is 0.0777 e. The van der Waals surface area contributed by atoms with Crippen molar-refractivity contribution in [3.8, 4) is 0 Å².